The lowest BCUT2D eigenvalue weighted by molar-refractivity contribution is 0.162. The molecule has 5 nitrogen and oxygen atoms in total. The van der Waals surface area contributed by atoms with Crippen molar-refractivity contribution >= 4 is 22.3 Å². The fraction of sp³-hybridized carbons (Fsp3) is 0.706. The van der Waals surface area contributed by atoms with Gasteiger partial charge in [-0.3, -0.25) is 4.99 Å². The number of nitrogens with zero attached hydrogens (tertiary/aromatic N) is 3. The van der Waals surface area contributed by atoms with Crippen molar-refractivity contribution in [2.24, 2.45) is 10.4 Å². The summed E-state index contributed by atoms with van der Waals surface area (Å²) in [7, 11) is 0. The predicted octanol–water partition coefficient (Wildman–Crippen LogP) is 2.26. The van der Waals surface area contributed by atoms with Gasteiger partial charge in [0.05, 0.1) is 18.2 Å². The first kappa shape index (κ1) is 16.6. The van der Waals surface area contributed by atoms with Gasteiger partial charge in [-0.05, 0) is 30.9 Å². The van der Waals surface area contributed by atoms with Gasteiger partial charge >= 0.3 is 0 Å². The van der Waals surface area contributed by atoms with Crippen molar-refractivity contribution in [3.05, 3.63) is 17.5 Å². The third-order valence-corrected chi connectivity index (χ3v) is 5.57. The number of hydrogen-bond donors (Lipinski definition) is 1. The van der Waals surface area contributed by atoms with Gasteiger partial charge in [-0.2, -0.15) is 0 Å². The number of aliphatic imine (C=N–C) groups is 1. The van der Waals surface area contributed by atoms with Crippen molar-refractivity contribution < 1.29 is 4.74 Å². The molecule has 3 heterocycles. The van der Waals surface area contributed by atoms with Gasteiger partial charge < -0.3 is 19.9 Å². The van der Waals surface area contributed by atoms with E-state index in [2.05, 4.69) is 46.5 Å². The zero-order valence-electron chi connectivity index (χ0n) is 14.3. The largest absolute Gasteiger partial charge is 0.381 e. The highest BCUT2D eigenvalue weighted by atomic mass is 32.1. The molecule has 0 saturated carbocycles. The number of guanidine groups is 1. The maximum absolute atomic E-state index is 5.54. The van der Waals surface area contributed by atoms with E-state index < -0.39 is 0 Å². The van der Waals surface area contributed by atoms with Crippen LogP contribution in [0.1, 0.15) is 20.3 Å². The molecule has 0 radical (unpaired) electrons. The van der Waals surface area contributed by atoms with Crippen molar-refractivity contribution in [1.29, 1.82) is 0 Å². The third kappa shape index (κ3) is 4.18. The van der Waals surface area contributed by atoms with Crippen molar-refractivity contribution in [3.8, 4) is 0 Å². The monoisotopic (exact) mass is 336 g/mol. The van der Waals surface area contributed by atoms with Crippen LogP contribution in [-0.2, 0) is 4.74 Å². The zero-order chi connectivity index (χ0) is 16.1. The van der Waals surface area contributed by atoms with Gasteiger partial charge in [0.15, 0.2) is 5.96 Å². The molecule has 2 fully saturated rings. The van der Waals surface area contributed by atoms with Crippen molar-refractivity contribution in [2.45, 2.75) is 20.3 Å². The van der Waals surface area contributed by atoms with Crippen LogP contribution in [-0.4, -0.2) is 63.3 Å². The van der Waals surface area contributed by atoms with E-state index in [1.54, 1.807) is 0 Å². The van der Waals surface area contributed by atoms with Crippen molar-refractivity contribution in [1.82, 2.24) is 10.2 Å². The molecule has 6 heteroatoms. The smallest absolute Gasteiger partial charge is 0.194 e. The Morgan fingerprint density at radius 3 is 2.83 bits per heavy atom. The summed E-state index contributed by atoms with van der Waals surface area (Å²) >= 11 is 1.82. The molecule has 0 aliphatic carbocycles. The van der Waals surface area contributed by atoms with Gasteiger partial charge in [-0.15, -0.1) is 11.3 Å². The number of thiophene rings is 1. The van der Waals surface area contributed by atoms with E-state index in [4.69, 9.17) is 9.73 Å². The molecule has 1 aromatic heterocycles. The summed E-state index contributed by atoms with van der Waals surface area (Å²) in [4.78, 5) is 9.78. The summed E-state index contributed by atoms with van der Waals surface area (Å²) in [5.74, 6) is 1.06. The van der Waals surface area contributed by atoms with Gasteiger partial charge in [0.1, 0.15) is 0 Å². The van der Waals surface area contributed by atoms with Crippen LogP contribution in [0.2, 0.25) is 0 Å². The van der Waals surface area contributed by atoms with Crippen molar-refractivity contribution in [3.63, 3.8) is 0 Å². The molecule has 2 saturated heterocycles. The topological polar surface area (TPSA) is 40.1 Å². The fourth-order valence-electron chi connectivity index (χ4n) is 3.11. The third-order valence-electron chi connectivity index (χ3n) is 4.64. The summed E-state index contributed by atoms with van der Waals surface area (Å²) in [5.41, 5.74) is 0.208. The van der Waals surface area contributed by atoms with Gasteiger partial charge in [-0.25, -0.2) is 0 Å². The van der Waals surface area contributed by atoms with Gasteiger partial charge in [0, 0.05) is 44.7 Å². The number of piperazine rings is 1. The lowest BCUT2D eigenvalue weighted by Gasteiger charge is -2.37. The Morgan fingerprint density at radius 2 is 2.22 bits per heavy atom. The van der Waals surface area contributed by atoms with Crippen LogP contribution in [0.25, 0.3) is 0 Å². The minimum absolute atomic E-state index is 0.208. The van der Waals surface area contributed by atoms with Gasteiger partial charge in [0.25, 0.3) is 0 Å². The van der Waals surface area contributed by atoms with Crippen LogP contribution in [0, 0.1) is 5.41 Å². The second kappa shape index (κ2) is 7.53. The van der Waals surface area contributed by atoms with E-state index in [9.17, 15) is 0 Å². The standard InChI is InChI=1S/C17H28N4OS/c1-3-18-16(19-13-17(2)6-11-22-14-17)21-9-7-20(8-10-21)15-5-4-12-23-15/h4-5,12H,3,6-11,13-14H2,1-2H3,(H,18,19). The number of rotatable bonds is 4. The quantitative estimate of drug-likeness (QED) is 0.676. The van der Waals surface area contributed by atoms with E-state index in [1.807, 2.05) is 11.3 Å². The highest BCUT2D eigenvalue weighted by molar-refractivity contribution is 7.14. The van der Waals surface area contributed by atoms with Crippen LogP contribution in [0.5, 0.6) is 0 Å². The molecule has 1 aromatic rings. The molecule has 0 amide bonds. The molecule has 0 aromatic carbocycles. The Balaban J connectivity index is 1.58. The summed E-state index contributed by atoms with van der Waals surface area (Å²) in [6.07, 6.45) is 1.11. The first-order chi connectivity index (χ1) is 11.2. The molecule has 0 bridgehead atoms. The summed E-state index contributed by atoms with van der Waals surface area (Å²) in [6.45, 7) is 12.1. The van der Waals surface area contributed by atoms with Crippen LogP contribution < -0.4 is 10.2 Å². The molecule has 3 rings (SSSR count). The second-order valence-electron chi connectivity index (χ2n) is 6.71. The minimum Gasteiger partial charge on any atom is -0.381 e. The van der Waals surface area contributed by atoms with Crippen LogP contribution >= 0.6 is 11.3 Å². The zero-order valence-corrected chi connectivity index (χ0v) is 15.1. The molecule has 1 atom stereocenters. The van der Waals surface area contributed by atoms with E-state index in [1.165, 1.54) is 5.00 Å². The molecular formula is C17H28N4OS. The molecule has 2 aliphatic heterocycles. The Hall–Kier alpha value is -1.27. The minimum atomic E-state index is 0.208. The molecule has 23 heavy (non-hydrogen) atoms. The predicted molar refractivity (Wildman–Crippen MR) is 97.6 cm³/mol. The van der Waals surface area contributed by atoms with Crippen LogP contribution in [0.15, 0.2) is 22.5 Å². The molecular weight excluding hydrogens is 308 g/mol. The number of hydrogen-bond acceptors (Lipinski definition) is 4. The Bertz CT molecular complexity index is 503. The molecule has 1 unspecified atom stereocenters. The summed E-state index contributed by atoms with van der Waals surface area (Å²) < 4.78 is 5.54. The maximum atomic E-state index is 5.54. The van der Waals surface area contributed by atoms with E-state index in [0.29, 0.717) is 0 Å². The van der Waals surface area contributed by atoms with Crippen LogP contribution in [0.3, 0.4) is 0 Å². The van der Waals surface area contributed by atoms with E-state index in [0.717, 1.165) is 64.9 Å². The van der Waals surface area contributed by atoms with Crippen LogP contribution in [0.4, 0.5) is 5.00 Å². The Kier molecular flexibility index (Phi) is 5.43. The summed E-state index contributed by atoms with van der Waals surface area (Å²) in [6, 6.07) is 4.34. The molecule has 128 valence electrons. The maximum Gasteiger partial charge on any atom is 0.194 e. The molecule has 2 aliphatic rings. The Morgan fingerprint density at radius 1 is 1.39 bits per heavy atom. The summed E-state index contributed by atoms with van der Waals surface area (Å²) in [5, 5.41) is 6.99. The lowest BCUT2D eigenvalue weighted by atomic mass is 9.90. The lowest BCUT2D eigenvalue weighted by Crippen LogP contribution is -2.52. The normalized spacial score (nSPS) is 25.9. The molecule has 0 spiro atoms. The van der Waals surface area contributed by atoms with Gasteiger partial charge in [-0.1, -0.05) is 6.92 Å². The highest BCUT2D eigenvalue weighted by Gasteiger charge is 2.30. The van der Waals surface area contributed by atoms with Gasteiger partial charge in [0.2, 0.25) is 0 Å². The Labute approximate surface area is 143 Å². The highest BCUT2D eigenvalue weighted by Crippen LogP contribution is 2.28. The average molecular weight is 337 g/mol. The number of ether oxygens (including phenoxy) is 1. The van der Waals surface area contributed by atoms with E-state index >= 15 is 0 Å². The van der Waals surface area contributed by atoms with E-state index in [-0.39, 0.29) is 5.41 Å². The first-order valence-electron chi connectivity index (χ1n) is 8.60. The second-order valence-corrected chi connectivity index (χ2v) is 7.63. The average Bonchev–Trinajstić information content (AvgIpc) is 3.24. The SMILES string of the molecule is CCNC(=NCC1(C)CCOC1)N1CCN(c2cccs2)CC1. The molecule has 1 N–H and O–H groups in total. The number of nitrogens with one attached hydrogen (secondary N) is 1. The first-order valence-corrected chi connectivity index (χ1v) is 9.48. The fourth-order valence-corrected chi connectivity index (χ4v) is 3.90. The number of anilines is 1. The van der Waals surface area contributed by atoms with Crippen molar-refractivity contribution in [2.75, 3.05) is 57.4 Å².